The maximum absolute atomic E-state index is 12.0. The van der Waals surface area contributed by atoms with Gasteiger partial charge in [-0.1, -0.05) is 18.0 Å². The van der Waals surface area contributed by atoms with Crippen LogP contribution in [0.5, 0.6) is 0 Å². The molecule has 1 aliphatic carbocycles. The lowest BCUT2D eigenvalue weighted by Gasteiger charge is -2.15. The number of hydrogen-bond donors (Lipinski definition) is 2. The highest BCUT2D eigenvalue weighted by Crippen LogP contribution is 2.32. The predicted molar refractivity (Wildman–Crippen MR) is 74.5 cm³/mol. The van der Waals surface area contributed by atoms with E-state index in [0.29, 0.717) is 19.4 Å². The SMILES string of the molecule is O=C(O)[C@H]1CCC[C@H]1C(=O)NCCc1ccc(Cl)s1. The zero-order chi connectivity index (χ0) is 13.8. The minimum Gasteiger partial charge on any atom is -0.481 e. The molecule has 1 heterocycles. The van der Waals surface area contributed by atoms with E-state index in [1.54, 1.807) is 0 Å². The molecule has 0 saturated heterocycles. The fourth-order valence-electron chi connectivity index (χ4n) is 2.50. The highest BCUT2D eigenvalue weighted by atomic mass is 35.5. The molecule has 0 aliphatic heterocycles. The number of thiophene rings is 1. The molecule has 0 bridgehead atoms. The van der Waals surface area contributed by atoms with Crippen molar-refractivity contribution in [3.63, 3.8) is 0 Å². The number of carboxylic acid groups (broad SMARTS) is 1. The topological polar surface area (TPSA) is 66.4 Å². The van der Waals surface area contributed by atoms with E-state index in [0.717, 1.165) is 22.1 Å². The van der Waals surface area contributed by atoms with Gasteiger partial charge in [0.2, 0.25) is 5.91 Å². The van der Waals surface area contributed by atoms with Crippen LogP contribution in [-0.4, -0.2) is 23.5 Å². The first-order valence-electron chi connectivity index (χ1n) is 6.32. The van der Waals surface area contributed by atoms with Crippen LogP contribution in [0.25, 0.3) is 0 Å². The average Bonchev–Trinajstić information content (AvgIpc) is 2.97. The molecule has 1 saturated carbocycles. The van der Waals surface area contributed by atoms with E-state index in [4.69, 9.17) is 16.7 Å². The summed E-state index contributed by atoms with van der Waals surface area (Å²) in [6.07, 6.45) is 2.82. The Morgan fingerprint density at radius 2 is 2.11 bits per heavy atom. The Hall–Kier alpha value is -1.07. The third kappa shape index (κ3) is 3.70. The van der Waals surface area contributed by atoms with Gasteiger partial charge in [0.05, 0.1) is 16.2 Å². The summed E-state index contributed by atoms with van der Waals surface area (Å²) in [4.78, 5) is 24.1. The number of rotatable bonds is 5. The van der Waals surface area contributed by atoms with Gasteiger partial charge in [-0.15, -0.1) is 11.3 Å². The molecule has 0 radical (unpaired) electrons. The van der Waals surface area contributed by atoms with Crippen LogP contribution in [0.4, 0.5) is 0 Å². The molecule has 1 aliphatic rings. The summed E-state index contributed by atoms with van der Waals surface area (Å²) < 4.78 is 0.739. The van der Waals surface area contributed by atoms with Crippen LogP contribution >= 0.6 is 22.9 Å². The number of halogens is 1. The van der Waals surface area contributed by atoms with Gasteiger partial charge in [-0.2, -0.15) is 0 Å². The van der Waals surface area contributed by atoms with Crippen molar-refractivity contribution in [1.82, 2.24) is 5.32 Å². The Morgan fingerprint density at radius 3 is 2.74 bits per heavy atom. The molecular formula is C13H16ClNO3S. The molecular weight excluding hydrogens is 286 g/mol. The fourth-order valence-corrected chi connectivity index (χ4v) is 3.58. The summed E-state index contributed by atoms with van der Waals surface area (Å²) in [6, 6.07) is 3.77. The Labute approximate surface area is 120 Å². The first-order valence-corrected chi connectivity index (χ1v) is 7.52. The van der Waals surface area contributed by atoms with Crippen molar-refractivity contribution in [1.29, 1.82) is 0 Å². The Kier molecular flexibility index (Phi) is 4.82. The minimum atomic E-state index is -0.859. The van der Waals surface area contributed by atoms with Crippen LogP contribution in [-0.2, 0) is 16.0 Å². The highest BCUT2D eigenvalue weighted by Gasteiger charge is 2.37. The average molecular weight is 302 g/mol. The number of aliphatic carboxylic acids is 1. The Bertz CT molecular complexity index is 474. The molecule has 1 aromatic heterocycles. The molecule has 104 valence electrons. The van der Waals surface area contributed by atoms with Gasteiger partial charge in [0.25, 0.3) is 0 Å². The molecule has 1 aromatic rings. The van der Waals surface area contributed by atoms with E-state index >= 15 is 0 Å². The van der Waals surface area contributed by atoms with Crippen LogP contribution in [0.15, 0.2) is 12.1 Å². The number of hydrogen-bond acceptors (Lipinski definition) is 3. The second-order valence-electron chi connectivity index (χ2n) is 4.73. The molecule has 19 heavy (non-hydrogen) atoms. The standard InChI is InChI=1S/C13H16ClNO3S/c14-11-5-4-8(19-11)6-7-15-12(16)9-2-1-3-10(9)13(17)18/h4-5,9-10H,1-3,6-7H2,(H,15,16)(H,17,18)/t9-,10+/m1/s1. The van der Waals surface area contributed by atoms with Crippen LogP contribution in [0, 0.1) is 11.8 Å². The van der Waals surface area contributed by atoms with Crippen molar-refractivity contribution in [3.05, 3.63) is 21.3 Å². The quantitative estimate of drug-likeness (QED) is 0.878. The number of carbonyl (C=O) groups excluding carboxylic acids is 1. The van der Waals surface area contributed by atoms with E-state index in [1.807, 2.05) is 12.1 Å². The van der Waals surface area contributed by atoms with Gasteiger partial charge >= 0.3 is 5.97 Å². The van der Waals surface area contributed by atoms with E-state index in [9.17, 15) is 9.59 Å². The van der Waals surface area contributed by atoms with Gasteiger partial charge in [0.15, 0.2) is 0 Å². The summed E-state index contributed by atoms with van der Waals surface area (Å²) >= 11 is 7.32. The maximum atomic E-state index is 12.0. The number of carboxylic acids is 1. The minimum absolute atomic E-state index is 0.132. The summed E-state index contributed by atoms with van der Waals surface area (Å²) in [6.45, 7) is 0.526. The third-order valence-electron chi connectivity index (χ3n) is 3.47. The molecule has 0 spiro atoms. The maximum Gasteiger partial charge on any atom is 0.307 e. The third-order valence-corrected chi connectivity index (χ3v) is 4.76. The molecule has 2 N–H and O–H groups in total. The van der Waals surface area contributed by atoms with E-state index < -0.39 is 11.9 Å². The van der Waals surface area contributed by atoms with Crippen LogP contribution in [0.1, 0.15) is 24.1 Å². The van der Waals surface area contributed by atoms with Gasteiger partial charge in [0, 0.05) is 11.4 Å². The summed E-state index contributed by atoms with van der Waals surface area (Å²) in [7, 11) is 0. The highest BCUT2D eigenvalue weighted by molar-refractivity contribution is 7.16. The molecule has 6 heteroatoms. The van der Waals surface area contributed by atoms with Crippen molar-refractivity contribution in [2.75, 3.05) is 6.54 Å². The summed E-state index contributed by atoms with van der Waals surface area (Å²) in [5.41, 5.74) is 0. The van der Waals surface area contributed by atoms with E-state index in [1.165, 1.54) is 11.3 Å². The van der Waals surface area contributed by atoms with Crippen LogP contribution in [0.3, 0.4) is 0 Å². The normalized spacial score (nSPS) is 22.4. The van der Waals surface area contributed by atoms with Crippen molar-refractivity contribution < 1.29 is 14.7 Å². The second-order valence-corrected chi connectivity index (χ2v) is 6.53. The molecule has 2 rings (SSSR count). The van der Waals surface area contributed by atoms with Gasteiger partial charge in [-0.25, -0.2) is 0 Å². The molecule has 0 aromatic carbocycles. The van der Waals surface area contributed by atoms with Crippen LogP contribution < -0.4 is 5.32 Å². The lowest BCUT2D eigenvalue weighted by atomic mass is 9.95. The largest absolute Gasteiger partial charge is 0.481 e. The monoisotopic (exact) mass is 301 g/mol. The first kappa shape index (κ1) is 14.3. The predicted octanol–water partition coefficient (Wildman–Crippen LogP) is 2.56. The van der Waals surface area contributed by atoms with Crippen molar-refractivity contribution in [3.8, 4) is 0 Å². The Balaban J connectivity index is 1.79. The molecule has 1 fully saturated rings. The van der Waals surface area contributed by atoms with Crippen LogP contribution in [0.2, 0.25) is 4.34 Å². The number of amides is 1. The molecule has 2 atom stereocenters. The molecule has 4 nitrogen and oxygen atoms in total. The summed E-state index contributed by atoms with van der Waals surface area (Å²) in [5, 5.41) is 11.9. The summed E-state index contributed by atoms with van der Waals surface area (Å²) in [5.74, 6) is -1.88. The van der Waals surface area contributed by atoms with Crippen molar-refractivity contribution in [2.45, 2.75) is 25.7 Å². The number of nitrogens with one attached hydrogen (secondary N) is 1. The van der Waals surface area contributed by atoms with Gasteiger partial charge in [0.1, 0.15) is 0 Å². The molecule has 1 amide bonds. The fraction of sp³-hybridized carbons (Fsp3) is 0.538. The first-order chi connectivity index (χ1) is 9.08. The van der Waals surface area contributed by atoms with Crippen molar-refractivity contribution in [2.24, 2.45) is 11.8 Å². The molecule has 0 unspecified atom stereocenters. The zero-order valence-electron chi connectivity index (χ0n) is 10.4. The van der Waals surface area contributed by atoms with Gasteiger partial charge < -0.3 is 10.4 Å². The zero-order valence-corrected chi connectivity index (χ0v) is 12.0. The van der Waals surface area contributed by atoms with E-state index in [2.05, 4.69) is 5.32 Å². The van der Waals surface area contributed by atoms with Gasteiger partial charge in [-0.3, -0.25) is 9.59 Å². The number of carbonyl (C=O) groups is 2. The van der Waals surface area contributed by atoms with E-state index in [-0.39, 0.29) is 11.8 Å². The van der Waals surface area contributed by atoms with Gasteiger partial charge in [-0.05, 0) is 31.4 Å². The second kappa shape index (κ2) is 6.39. The Morgan fingerprint density at radius 1 is 1.37 bits per heavy atom. The van der Waals surface area contributed by atoms with Crippen molar-refractivity contribution >= 4 is 34.8 Å². The smallest absolute Gasteiger partial charge is 0.307 e. The lowest BCUT2D eigenvalue weighted by molar-refractivity contribution is -0.146. The lowest BCUT2D eigenvalue weighted by Crippen LogP contribution is -2.36.